The first kappa shape index (κ1) is 15.6. The lowest BCUT2D eigenvalue weighted by atomic mass is 10.1. The molecular formula is C13H12ClF2N5O2. The van der Waals surface area contributed by atoms with Crippen molar-refractivity contribution in [3.05, 3.63) is 29.2 Å². The summed E-state index contributed by atoms with van der Waals surface area (Å²) >= 11 is 6.18. The third-order valence-corrected chi connectivity index (χ3v) is 3.86. The van der Waals surface area contributed by atoms with Gasteiger partial charge in [-0.2, -0.15) is 0 Å². The number of aromatic nitrogens is 4. The molecule has 0 bridgehead atoms. The van der Waals surface area contributed by atoms with Crippen molar-refractivity contribution in [2.45, 2.75) is 18.8 Å². The van der Waals surface area contributed by atoms with Gasteiger partial charge in [0, 0.05) is 25.9 Å². The first-order valence-corrected chi connectivity index (χ1v) is 7.18. The minimum Gasteiger partial charge on any atom is -0.476 e. The molecule has 0 amide bonds. The first-order chi connectivity index (χ1) is 10.9. The van der Waals surface area contributed by atoms with Crippen LogP contribution in [0.4, 0.5) is 14.6 Å². The van der Waals surface area contributed by atoms with E-state index in [-0.39, 0.29) is 36.6 Å². The molecule has 3 rings (SSSR count). The Kier molecular flexibility index (Phi) is 3.88. The smallest absolute Gasteiger partial charge is 0.358 e. The molecular weight excluding hydrogens is 332 g/mol. The van der Waals surface area contributed by atoms with Crippen LogP contribution in [-0.4, -0.2) is 50.1 Å². The van der Waals surface area contributed by atoms with Gasteiger partial charge in [-0.25, -0.2) is 23.2 Å². The van der Waals surface area contributed by atoms with Crippen molar-refractivity contribution < 1.29 is 18.7 Å². The van der Waals surface area contributed by atoms with Gasteiger partial charge < -0.3 is 10.0 Å². The number of hydrogen-bond acceptors (Lipinski definition) is 5. The minimum atomic E-state index is -2.64. The maximum atomic E-state index is 13.2. The molecule has 10 heteroatoms. The van der Waals surface area contributed by atoms with Crippen LogP contribution in [0, 0.1) is 0 Å². The molecule has 0 atom stereocenters. The van der Waals surface area contributed by atoms with E-state index in [9.17, 15) is 13.6 Å². The van der Waals surface area contributed by atoms with Crippen LogP contribution < -0.4 is 4.90 Å². The zero-order valence-corrected chi connectivity index (χ0v) is 12.5. The average molecular weight is 344 g/mol. The zero-order chi connectivity index (χ0) is 16.6. The Hall–Kier alpha value is -2.29. The summed E-state index contributed by atoms with van der Waals surface area (Å²) in [6.07, 6.45) is 2.20. The van der Waals surface area contributed by atoms with Crippen LogP contribution in [0.2, 0.25) is 5.02 Å². The van der Waals surface area contributed by atoms with Gasteiger partial charge in [-0.1, -0.05) is 16.8 Å². The molecule has 1 N–H and O–H groups in total. The van der Waals surface area contributed by atoms with E-state index in [4.69, 9.17) is 16.7 Å². The normalized spacial score (nSPS) is 17.3. The third-order valence-electron chi connectivity index (χ3n) is 3.58. The summed E-state index contributed by atoms with van der Waals surface area (Å²) in [7, 11) is 0. The van der Waals surface area contributed by atoms with Gasteiger partial charge in [0.25, 0.3) is 5.92 Å². The fourth-order valence-corrected chi connectivity index (χ4v) is 2.59. The number of carbonyl (C=O) groups is 1. The Morgan fingerprint density at radius 2 is 2.04 bits per heavy atom. The largest absolute Gasteiger partial charge is 0.476 e. The lowest BCUT2D eigenvalue weighted by molar-refractivity contribution is -0.0221. The van der Waals surface area contributed by atoms with Crippen LogP contribution in [0.5, 0.6) is 0 Å². The molecule has 1 saturated heterocycles. The van der Waals surface area contributed by atoms with E-state index in [2.05, 4.69) is 15.3 Å². The molecule has 2 aromatic heterocycles. The Balaban J connectivity index is 1.82. The Morgan fingerprint density at radius 3 is 2.61 bits per heavy atom. The SMILES string of the molecule is O=C(O)c1cn(-c2cnc(N3CCC(F)(F)CC3)c(Cl)c2)nn1. The van der Waals surface area contributed by atoms with Gasteiger partial charge in [0.05, 0.1) is 23.1 Å². The number of rotatable bonds is 3. The van der Waals surface area contributed by atoms with Gasteiger partial charge in [-0.3, -0.25) is 0 Å². The van der Waals surface area contributed by atoms with Gasteiger partial charge >= 0.3 is 5.97 Å². The predicted molar refractivity (Wildman–Crippen MR) is 77.5 cm³/mol. The Bertz CT molecular complexity index is 742. The highest BCUT2D eigenvalue weighted by molar-refractivity contribution is 6.33. The second-order valence-electron chi connectivity index (χ2n) is 5.20. The topological polar surface area (TPSA) is 84.1 Å². The van der Waals surface area contributed by atoms with Crippen molar-refractivity contribution in [3.63, 3.8) is 0 Å². The second-order valence-corrected chi connectivity index (χ2v) is 5.60. The van der Waals surface area contributed by atoms with Crippen LogP contribution in [0.15, 0.2) is 18.5 Å². The molecule has 0 aliphatic carbocycles. The van der Waals surface area contributed by atoms with Crippen LogP contribution in [0.1, 0.15) is 23.3 Å². The number of nitrogens with zero attached hydrogens (tertiary/aromatic N) is 5. The Labute approximate surface area is 134 Å². The molecule has 0 spiro atoms. The molecule has 0 aromatic carbocycles. The number of carboxylic acids is 1. The van der Waals surface area contributed by atoms with E-state index in [1.165, 1.54) is 23.1 Å². The summed E-state index contributed by atoms with van der Waals surface area (Å²) < 4.78 is 27.6. The molecule has 0 unspecified atom stereocenters. The van der Waals surface area contributed by atoms with Crippen LogP contribution >= 0.6 is 11.6 Å². The summed E-state index contributed by atoms with van der Waals surface area (Å²) in [5.41, 5.74) is 0.226. The van der Waals surface area contributed by atoms with Crippen LogP contribution in [0.25, 0.3) is 5.69 Å². The highest BCUT2D eigenvalue weighted by atomic mass is 35.5. The van der Waals surface area contributed by atoms with E-state index in [1.54, 1.807) is 4.90 Å². The fourth-order valence-electron chi connectivity index (χ4n) is 2.31. The molecule has 2 aromatic rings. The highest BCUT2D eigenvalue weighted by Crippen LogP contribution is 2.33. The molecule has 1 fully saturated rings. The first-order valence-electron chi connectivity index (χ1n) is 6.80. The van der Waals surface area contributed by atoms with Gasteiger partial charge in [0.2, 0.25) is 0 Å². The van der Waals surface area contributed by atoms with Crippen molar-refractivity contribution in [1.82, 2.24) is 20.0 Å². The number of hydrogen-bond donors (Lipinski definition) is 1. The summed E-state index contributed by atoms with van der Waals surface area (Å²) in [5, 5.41) is 16.3. The van der Waals surface area contributed by atoms with E-state index < -0.39 is 11.9 Å². The molecule has 7 nitrogen and oxygen atoms in total. The summed E-state index contributed by atoms with van der Waals surface area (Å²) in [5.74, 6) is -3.41. The van der Waals surface area contributed by atoms with E-state index in [1.807, 2.05) is 0 Å². The zero-order valence-electron chi connectivity index (χ0n) is 11.8. The number of alkyl halides is 2. The summed E-state index contributed by atoms with van der Waals surface area (Å²) in [4.78, 5) is 16.7. The molecule has 122 valence electrons. The van der Waals surface area contributed by atoms with Gasteiger partial charge in [0.1, 0.15) is 5.82 Å². The standard InChI is InChI=1S/C13H12ClF2N5O2/c14-9-5-8(21-7-10(12(22)23)18-19-21)6-17-11(9)20-3-1-13(15,16)2-4-20/h5-7H,1-4H2,(H,22,23). The monoisotopic (exact) mass is 343 g/mol. The molecule has 1 aliphatic rings. The van der Waals surface area contributed by atoms with E-state index in [0.29, 0.717) is 11.5 Å². The summed E-state index contributed by atoms with van der Waals surface area (Å²) in [6.45, 7) is 0.344. The number of aromatic carboxylic acids is 1. The van der Waals surface area contributed by atoms with Crippen molar-refractivity contribution >= 4 is 23.4 Å². The number of halogens is 3. The lowest BCUT2D eigenvalue weighted by Gasteiger charge is -2.33. The lowest BCUT2D eigenvalue weighted by Crippen LogP contribution is -2.39. The average Bonchev–Trinajstić information content (AvgIpc) is 2.98. The molecule has 3 heterocycles. The van der Waals surface area contributed by atoms with E-state index >= 15 is 0 Å². The highest BCUT2D eigenvalue weighted by Gasteiger charge is 2.34. The molecule has 0 radical (unpaired) electrons. The Morgan fingerprint density at radius 1 is 1.35 bits per heavy atom. The molecule has 0 saturated carbocycles. The maximum Gasteiger partial charge on any atom is 0.358 e. The molecule has 23 heavy (non-hydrogen) atoms. The third kappa shape index (κ3) is 3.24. The minimum absolute atomic E-state index is 0.172. The van der Waals surface area contributed by atoms with Crippen molar-refractivity contribution in [3.8, 4) is 5.69 Å². The quantitative estimate of drug-likeness (QED) is 0.920. The predicted octanol–water partition coefficient (Wildman–Crippen LogP) is 2.25. The number of anilines is 1. The van der Waals surface area contributed by atoms with Gasteiger partial charge in [0.15, 0.2) is 5.69 Å². The molecule has 1 aliphatic heterocycles. The number of piperidine rings is 1. The van der Waals surface area contributed by atoms with Crippen molar-refractivity contribution in [1.29, 1.82) is 0 Å². The van der Waals surface area contributed by atoms with Gasteiger partial charge in [-0.15, -0.1) is 5.10 Å². The van der Waals surface area contributed by atoms with E-state index in [0.717, 1.165) is 0 Å². The second kappa shape index (κ2) is 5.73. The van der Waals surface area contributed by atoms with Crippen molar-refractivity contribution in [2.75, 3.05) is 18.0 Å². The number of carboxylic acid groups (broad SMARTS) is 1. The number of pyridine rings is 1. The van der Waals surface area contributed by atoms with Crippen LogP contribution in [-0.2, 0) is 0 Å². The van der Waals surface area contributed by atoms with Crippen molar-refractivity contribution in [2.24, 2.45) is 0 Å². The van der Waals surface area contributed by atoms with Crippen LogP contribution in [0.3, 0.4) is 0 Å². The van der Waals surface area contributed by atoms with Gasteiger partial charge in [-0.05, 0) is 6.07 Å². The fraction of sp³-hybridized carbons (Fsp3) is 0.385. The summed E-state index contributed by atoms with van der Waals surface area (Å²) in [6, 6.07) is 1.54. The maximum absolute atomic E-state index is 13.2.